The number of rotatable bonds is 5. The first kappa shape index (κ1) is 15.4. The van der Waals surface area contributed by atoms with Crippen molar-refractivity contribution in [2.45, 2.75) is 26.3 Å². The molecular formula is C13H18F2N2O2. The largest absolute Gasteiger partial charge is 0.396 e. The number of benzene rings is 1. The Balaban J connectivity index is 2.91. The molecule has 0 bridgehead atoms. The zero-order valence-corrected chi connectivity index (χ0v) is 10.9. The fourth-order valence-electron chi connectivity index (χ4n) is 1.70. The van der Waals surface area contributed by atoms with Gasteiger partial charge in [-0.25, -0.2) is 8.78 Å². The first-order valence-electron chi connectivity index (χ1n) is 6.03. The molecule has 6 heteroatoms. The Hall–Kier alpha value is -1.69. The van der Waals surface area contributed by atoms with E-state index in [-0.39, 0.29) is 29.8 Å². The zero-order valence-electron chi connectivity index (χ0n) is 10.9. The van der Waals surface area contributed by atoms with E-state index in [1.54, 1.807) is 0 Å². The molecule has 1 aromatic rings. The lowest BCUT2D eigenvalue weighted by atomic mass is 10.0. The predicted octanol–water partition coefficient (Wildman–Crippen LogP) is 1.68. The fraction of sp³-hybridized carbons (Fsp3) is 0.462. The summed E-state index contributed by atoms with van der Waals surface area (Å²) >= 11 is 0. The number of nitrogens with two attached hydrogens (primary N) is 1. The second-order valence-electron chi connectivity index (χ2n) is 4.69. The van der Waals surface area contributed by atoms with Gasteiger partial charge in [0.1, 0.15) is 11.6 Å². The normalized spacial score (nSPS) is 12.5. The predicted molar refractivity (Wildman–Crippen MR) is 68.6 cm³/mol. The van der Waals surface area contributed by atoms with Crippen LogP contribution in [0.3, 0.4) is 0 Å². The fourth-order valence-corrected chi connectivity index (χ4v) is 1.70. The van der Waals surface area contributed by atoms with Crippen LogP contribution in [-0.4, -0.2) is 23.7 Å². The monoisotopic (exact) mass is 272 g/mol. The third-order valence-corrected chi connectivity index (χ3v) is 2.89. The molecule has 1 rings (SSSR count). The van der Waals surface area contributed by atoms with Gasteiger partial charge in [-0.15, -0.1) is 0 Å². The summed E-state index contributed by atoms with van der Waals surface area (Å²) in [4.78, 5) is 11.9. The molecule has 0 aliphatic heterocycles. The molecule has 0 saturated carbocycles. The first-order chi connectivity index (χ1) is 8.86. The van der Waals surface area contributed by atoms with E-state index in [1.807, 2.05) is 13.8 Å². The van der Waals surface area contributed by atoms with Crippen LogP contribution in [0.1, 0.15) is 30.6 Å². The maximum absolute atomic E-state index is 13.5. The molecule has 0 aromatic heterocycles. The molecule has 0 radical (unpaired) electrons. The van der Waals surface area contributed by atoms with E-state index in [4.69, 9.17) is 10.8 Å². The van der Waals surface area contributed by atoms with Crippen molar-refractivity contribution in [3.8, 4) is 0 Å². The highest BCUT2D eigenvalue weighted by atomic mass is 19.1. The Morgan fingerprint density at radius 2 is 2.00 bits per heavy atom. The second kappa shape index (κ2) is 6.47. The topological polar surface area (TPSA) is 75.3 Å². The Morgan fingerprint density at radius 3 is 2.53 bits per heavy atom. The van der Waals surface area contributed by atoms with Gasteiger partial charge in [0.2, 0.25) is 0 Å². The van der Waals surface area contributed by atoms with Gasteiger partial charge in [0.05, 0.1) is 11.3 Å². The van der Waals surface area contributed by atoms with Crippen molar-refractivity contribution in [1.82, 2.24) is 5.32 Å². The van der Waals surface area contributed by atoms with Crippen LogP contribution in [0.4, 0.5) is 14.5 Å². The molecule has 19 heavy (non-hydrogen) atoms. The van der Waals surface area contributed by atoms with Crippen LogP contribution < -0.4 is 11.1 Å². The Morgan fingerprint density at radius 1 is 1.37 bits per heavy atom. The van der Waals surface area contributed by atoms with Gasteiger partial charge in [0.25, 0.3) is 5.91 Å². The number of amides is 1. The number of aliphatic hydroxyl groups is 1. The number of nitrogens with one attached hydrogen (secondary N) is 1. The van der Waals surface area contributed by atoms with Crippen LogP contribution in [0.5, 0.6) is 0 Å². The quantitative estimate of drug-likeness (QED) is 0.714. The minimum Gasteiger partial charge on any atom is -0.396 e. The summed E-state index contributed by atoms with van der Waals surface area (Å²) < 4.78 is 26.5. The lowest BCUT2D eigenvalue weighted by Gasteiger charge is -2.21. The number of aliphatic hydroxyl groups excluding tert-OH is 1. The van der Waals surface area contributed by atoms with Crippen molar-refractivity contribution in [2.24, 2.45) is 5.92 Å². The molecule has 1 atom stereocenters. The minimum absolute atomic E-state index is 0.0805. The van der Waals surface area contributed by atoms with Crippen molar-refractivity contribution in [3.63, 3.8) is 0 Å². The van der Waals surface area contributed by atoms with Crippen molar-refractivity contribution in [2.75, 3.05) is 12.3 Å². The smallest absolute Gasteiger partial charge is 0.254 e. The number of halogens is 2. The molecule has 0 aliphatic rings. The summed E-state index contributed by atoms with van der Waals surface area (Å²) in [6.45, 7) is 3.66. The first-order valence-corrected chi connectivity index (χ1v) is 6.03. The molecule has 0 saturated heterocycles. The summed E-state index contributed by atoms with van der Waals surface area (Å²) in [5.41, 5.74) is 4.73. The number of hydrogen-bond donors (Lipinski definition) is 3. The van der Waals surface area contributed by atoms with Crippen LogP contribution in [0.15, 0.2) is 12.1 Å². The highest BCUT2D eigenvalue weighted by Crippen LogP contribution is 2.17. The molecule has 0 fully saturated rings. The summed E-state index contributed by atoms with van der Waals surface area (Å²) in [7, 11) is 0. The summed E-state index contributed by atoms with van der Waals surface area (Å²) in [6, 6.07) is 1.26. The third-order valence-electron chi connectivity index (χ3n) is 2.89. The highest BCUT2D eigenvalue weighted by molar-refractivity contribution is 5.95. The molecule has 0 aliphatic carbocycles. The van der Waals surface area contributed by atoms with E-state index in [0.717, 1.165) is 6.07 Å². The van der Waals surface area contributed by atoms with Gasteiger partial charge in [-0.1, -0.05) is 13.8 Å². The molecule has 106 valence electrons. The van der Waals surface area contributed by atoms with Gasteiger partial charge >= 0.3 is 0 Å². The number of nitrogen functional groups attached to an aromatic ring is 1. The van der Waals surface area contributed by atoms with Crippen LogP contribution in [-0.2, 0) is 0 Å². The van der Waals surface area contributed by atoms with Crippen molar-refractivity contribution >= 4 is 11.6 Å². The number of carbonyl (C=O) groups excluding carboxylic acids is 1. The molecule has 1 aromatic carbocycles. The van der Waals surface area contributed by atoms with Crippen molar-refractivity contribution in [3.05, 3.63) is 29.3 Å². The van der Waals surface area contributed by atoms with Gasteiger partial charge in [0.15, 0.2) is 0 Å². The van der Waals surface area contributed by atoms with Gasteiger partial charge in [-0.2, -0.15) is 0 Å². The molecule has 4 N–H and O–H groups in total. The van der Waals surface area contributed by atoms with Crippen LogP contribution in [0, 0.1) is 17.6 Å². The summed E-state index contributed by atoms with van der Waals surface area (Å²) in [6.07, 6.45) is 0.363. The van der Waals surface area contributed by atoms with Gasteiger partial charge in [0, 0.05) is 18.7 Å². The second-order valence-corrected chi connectivity index (χ2v) is 4.69. The molecular weight excluding hydrogens is 254 g/mol. The van der Waals surface area contributed by atoms with E-state index in [9.17, 15) is 13.6 Å². The van der Waals surface area contributed by atoms with Crippen LogP contribution in [0.25, 0.3) is 0 Å². The van der Waals surface area contributed by atoms with E-state index in [0.29, 0.717) is 12.5 Å². The lowest BCUT2D eigenvalue weighted by Crippen LogP contribution is -2.39. The summed E-state index contributed by atoms with van der Waals surface area (Å²) in [5, 5.41) is 11.5. The van der Waals surface area contributed by atoms with Crippen LogP contribution in [0.2, 0.25) is 0 Å². The van der Waals surface area contributed by atoms with Crippen LogP contribution >= 0.6 is 0 Å². The molecule has 1 amide bonds. The molecule has 1 unspecified atom stereocenters. The maximum atomic E-state index is 13.5. The zero-order chi connectivity index (χ0) is 14.6. The Kier molecular flexibility index (Phi) is 5.23. The van der Waals surface area contributed by atoms with E-state index < -0.39 is 17.5 Å². The van der Waals surface area contributed by atoms with Gasteiger partial charge in [-0.3, -0.25) is 4.79 Å². The SMILES string of the molecule is CC(C)C(CCO)NC(=O)c1cc(N)c(F)cc1F. The third kappa shape index (κ3) is 3.89. The standard InChI is InChI=1S/C13H18F2N2O2/c1-7(2)12(3-4-18)17-13(19)8-5-11(16)10(15)6-9(8)14/h5-7,12,18H,3-4,16H2,1-2H3,(H,17,19). The van der Waals surface area contributed by atoms with Crippen molar-refractivity contribution in [1.29, 1.82) is 0 Å². The molecule has 0 heterocycles. The number of hydrogen-bond acceptors (Lipinski definition) is 3. The molecule has 4 nitrogen and oxygen atoms in total. The van der Waals surface area contributed by atoms with Gasteiger partial charge in [-0.05, 0) is 18.4 Å². The highest BCUT2D eigenvalue weighted by Gasteiger charge is 2.20. The number of anilines is 1. The van der Waals surface area contributed by atoms with E-state index in [1.165, 1.54) is 0 Å². The average molecular weight is 272 g/mol. The minimum atomic E-state index is -0.962. The summed E-state index contributed by atoms with van der Waals surface area (Å²) in [5.74, 6) is -2.45. The van der Waals surface area contributed by atoms with E-state index >= 15 is 0 Å². The average Bonchev–Trinajstić information content (AvgIpc) is 2.32. The lowest BCUT2D eigenvalue weighted by molar-refractivity contribution is 0.0912. The number of carbonyl (C=O) groups is 1. The Bertz CT molecular complexity index is 464. The van der Waals surface area contributed by atoms with Crippen molar-refractivity contribution < 1.29 is 18.7 Å². The van der Waals surface area contributed by atoms with Gasteiger partial charge < -0.3 is 16.2 Å². The van der Waals surface area contributed by atoms with E-state index in [2.05, 4.69) is 5.32 Å². The molecule has 0 spiro atoms. The Labute approximate surface area is 110 Å². The maximum Gasteiger partial charge on any atom is 0.254 e.